The normalized spacial score (nSPS) is 13.0. The number of likely N-dealkylation sites (N-methyl/N-ethyl adjacent to an activating group) is 1. The first-order valence-electron chi connectivity index (χ1n) is 5.46. The van der Waals surface area contributed by atoms with Crippen LogP contribution in [0.4, 0.5) is 0 Å². The SMILES string of the molecule is CCNC(=O)C(C)NS(=O)(=O)c1ccc(O)cc1. The number of benzene rings is 1. The summed E-state index contributed by atoms with van der Waals surface area (Å²) in [5.41, 5.74) is 0. The van der Waals surface area contributed by atoms with E-state index < -0.39 is 16.1 Å². The summed E-state index contributed by atoms with van der Waals surface area (Å²) in [5, 5.41) is 11.6. The third kappa shape index (κ3) is 3.71. The smallest absolute Gasteiger partial charge is 0.241 e. The average molecular weight is 272 g/mol. The molecule has 100 valence electrons. The molecule has 0 spiro atoms. The predicted molar refractivity (Wildman–Crippen MR) is 66.6 cm³/mol. The van der Waals surface area contributed by atoms with Crippen molar-refractivity contribution >= 4 is 15.9 Å². The second-order valence-electron chi connectivity index (χ2n) is 3.73. The molecule has 0 aliphatic carbocycles. The van der Waals surface area contributed by atoms with E-state index in [4.69, 9.17) is 5.11 Å². The van der Waals surface area contributed by atoms with Crippen molar-refractivity contribution in [1.29, 1.82) is 0 Å². The van der Waals surface area contributed by atoms with Crippen molar-refractivity contribution in [2.24, 2.45) is 0 Å². The van der Waals surface area contributed by atoms with Gasteiger partial charge in [0, 0.05) is 6.54 Å². The lowest BCUT2D eigenvalue weighted by molar-refractivity contribution is -0.122. The Bertz CT molecular complexity index is 510. The quantitative estimate of drug-likeness (QED) is 0.713. The van der Waals surface area contributed by atoms with Crippen LogP contribution in [0.1, 0.15) is 13.8 Å². The van der Waals surface area contributed by atoms with Crippen LogP contribution in [0.15, 0.2) is 29.2 Å². The second-order valence-corrected chi connectivity index (χ2v) is 5.45. The van der Waals surface area contributed by atoms with Gasteiger partial charge in [-0.2, -0.15) is 4.72 Å². The van der Waals surface area contributed by atoms with Gasteiger partial charge in [-0.15, -0.1) is 0 Å². The highest BCUT2D eigenvalue weighted by Crippen LogP contribution is 2.14. The molecular weight excluding hydrogens is 256 g/mol. The molecule has 0 saturated heterocycles. The van der Waals surface area contributed by atoms with Crippen molar-refractivity contribution in [3.05, 3.63) is 24.3 Å². The molecule has 0 aromatic heterocycles. The zero-order valence-electron chi connectivity index (χ0n) is 10.2. The maximum absolute atomic E-state index is 11.9. The molecule has 0 fully saturated rings. The van der Waals surface area contributed by atoms with Gasteiger partial charge >= 0.3 is 0 Å². The van der Waals surface area contributed by atoms with Crippen LogP contribution in [0.25, 0.3) is 0 Å². The summed E-state index contributed by atoms with van der Waals surface area (Å²) in [5.74, 6) is -0.412. The van der Waals surface area contributed by atoms with E-state index in [2.05, 4.69) is 10.0 Å². The van der Waals surface area contributed by atoms with Crippen LogP contribution in [-0.4, -0.2) is 32.0 Å². The minimum Gasteiger partial charge on any atom is -0.508 e. The molecule has 1 unspecified atom stereocenters. The monoisotopic (exact) mass is 272 g/mol. The number of sulfonamides is 1. The number of hydrogen-bond acceptors (Lipinski definition) is 4. The minimum absolute atomic E-state index is 0.00329. The molecule has 0 heterocycles. The Labute approximate surface area is 106 Å². The van der Waals surface area contributed by atoms with Crippen LogP contribution in [0.5, 0.6) is 5.75 Å². The van der Waals surface area contributed by atoms with Gasteiger partial charge in [-0.1, -0.05) is 0 Å². The molecule has 18 heavy (non-hydrogen) atoms. The molecule has 1 aromatic rings. The fourth-order valence-corrected chi connectivity index (χ4v) is 2.51. The van der Waals surface area contributed by atoms with Gasteiger partial charge in [0.15, 0.2) is 0 Å². The molecule has 7 heteroatoms. The lowest BCUT2D eigenvalue weighted by atomic mass is 10.3. The third-order valence-electron chi connectivity index (χ3n) is 2.22. The molecule has 0 bridgehead atoms. The van der Waals surface area contributed by atoms with Gasteiger partial charge in [0.05, 0.1) is 10.9 Å². The number of nitrogens with one attached hydrogen (secondary N) is 2. The molecule has 6 nitrogen and oxygen atoms in total. The standard InChI is InChI=1S/C11H16N2O4S/c1-3-12-11(15)8(2)13-18(16,17)10-6-4-9(14)5-7-10/h4-8,13-14H,3H2,1-2H3,(H,12,15). The molecule has 3 N–H and O–H groups in total. The molecule has 1 atom stereocenters. The van der Waals surface area contributed by atoms with Crippen molar-refractivity contribution < 1.29 is 18.3 Å². The van der Waals surface area contributed by atoms with Gasteiger partial charge in [-0.25, -0.2) is 8.42 Å². The lowest BCUT2D eigenvalue weighted by Crippen LogP contribution is -2.44. The number of rotatable bonds is 5. The molecular formula is C11H16N2O4S. The van der Waals surface area contributed by atoms with Crippen molar-refractivity contribution in [2.45, 2.75) is 24.8 Å². The summed E-state index contributed by atoms with van der Waals surface area (Å²) in [7, 11) is -3.76. The van der Waals surface area contributed by atoms with E-state index in [0.29, 0.717) is 6.54 Å². The van der Waals surface area contributed by atoms with Gasteiger partial charge < -0.3 is 10.4 Å². The van der Waals surface area contributed by atoms with E-state index in [1.165, 1.54) is 31.2 Å². The first kappa shape index (κ1) is 14.5. The highest BCUT2D eigenvalue weighted by atomic mass is 32.2. The number of phenols is 1. The Balaban J connectivity index is 2.82. The van der Waals surface area contributed by atoms with E-state index in [0.717, 1.165) is 0 Å². The highest BCUT2D eigenvalue weighted by molar-refractivity contribution is 7.89. The maximum atomic E-state index is 11.9. The van der Waals surface area contributed by atoms with E-state index in [-0.39, 0.29) is 16.6 Å². The average Bonchev–Trinajstić information content (AvgIpc) is 2.29. The summed E-state index contributed by atoms with van der Waals surface area (Å²) in [4.78, 5) is 11.4. The van der Waals surface area contributed by atoms with Crippen LogP contribution in [0.3, 0.4) is 0 Å². The fraction of sp³-hybridized carbons (Fsp3) is 0.364. The number of amides is 1. The lowest BCUT2D eigenvalue weighted by Gasteiger charge is -2.13. The van der Waals surface area contributed by atoms with Crippen LogP contribution >= 0.6 is 0 Å². The molecule has 0 saturated carbocycles. The highest BCUT2D eigenvalue weighted by Gasteiger charge is 2.21. The molecule has 1 amide bonds. The zero-order chi connectivity index (χ0) is 13.8. The van der Waals surface area contributed by atoms with E-state index >= 15 is 0 Å². The van der Waals surface area contributed by atoms with Crippen molar-refractivity contribution in [1.82, 2.24) is 10.0 Å². The molecule has 1 aromatic carbocycles. The predicted octanol–water partition coefficient (Wildman–Crippen LogP) is 0.195. The minimum atomic E-state index is -3.76. The number of hydrogen-bond donors (Lipinski definition) is 3. The van der Waals surface area contributed by atoms with Gasteiger partial charge in [0.25, 0.3) is 0 Å². The summed E-state index contributed by atoms with van der Waals surface area (Å²) in [6.07, 6.45) is 0. The Morgan fingerprint density at radius 3 is 2.39 bits per heavy atom. The Morgan fingerprint density at radius 2 is 1.89 bits per heavy atom. The van der Waals surface area contributed by atoms with Gasteiger partial charge in [-0.3, -0.25) is 4.79 Å². The summed E-state index contributed by atoms with van der Waals surface area (Å²) >= 11 is 0. The first-order chi connectivity index (χ1) is 8.36. The third-order valence-corrected chi connectivity index (χ3v) is 3.78. The zero-order valence-corrected chi connectivity index (χ0v) is 11.0. The van der Waals surface area contributed by atoms with Crippen LogP contribution < -0.4 is 10.0 Å². The van der Waals surface area contributed by atoms with Gasteiger partial charge in [-0.05, 0) is 38.1 Å². The summed E-state index contributed by atoms with van der Waals surface area (Å²) < 4.78 is 26.0. The number of aromatic hydroxyl groups is 1. The summed E-state index contributed by atoms with van der Waals surface area (Å²) in [6.45, 7) is 3.64. The number of carbonyl (C=O) groups is 1. The van der Waals surface area contributed by atoms with Gasteiger partial charge in [0.2, 0.25) is 15.9 Å². The Hall–Kier alpha value is -1.60. The number of phenolic OH excluding ortho intramolecular Hbond substituents is 1. The summed E-state index contributed by atoms with van der Waals surface area (Å²) in [6, 6.07) is 4.21. The Morgan fingerprint density at radius 1 is 1.33 bits per heavy atom. The molecule has 0 radical (unpaired) electrons. The first-order valence-corrected chi connectivity index (χ1v) is 6.94. The number of carbonyl (C=O) groups excluding carboxylic acids is 1. The second kappa shape index (κ2) is 5.83. The molecule has 0 aliphatic rings. The van der Waals surface area contributed by atoms with Crippen molar-refractivity contribution in [2.75, 3.05) is 6.54 Å². The van der Waals surface area contributed by atoms with Crippen molar-refractivity contribution in [3.63, 3.8) is 0 Å². The van der Waals surface area contributed by atoms with Crippen LogP contribution in [0.2, 0.25) is 0 Å². The maximum Gasteiger partial charge on any atom is 0.241 e. The topological polar surface area (TPSA) is 95.5 Å². The van der Waals surface area contributed by atoms with Gasteiger partial charge in [0.1, 0.15) is 5.75 Å². The molecule has 1 rings (SSSR count). The Kier molecular flexibility index (Phi) is 4.69. The molecule has 0 aliphatic heterocycles. The van der Waals surface area contributed by atoms with E-state index in [1.807, 2.05) is 0 Å². The van der Waals surface area contributed by atoms with Crippen molar-refractivity contribution in [3.8, 4) is 5.75 Å². The van der Waals surface area contributed by atoms with E-state index in [1.54, 1.807) is 6.92 Å². The largest absolute Gasteiger partial charge is 0.508 e. The van der Waals surface area contributed by atoms with E-state index in [9.17, 15) is 13.2 Å². The fourth-order valence-electron chi connectivity index (χ4n) is 1.31. The van der Waals surface area contributed by atoms with Crippen LogP contribution in [-0.2, 0) is 14.8 Å². The van der Waals surface area contributed by atoms with Crippen LogP contribution in [0, 0.1) is 0 Å².